The van der Waals surface area contributed by atoms with Gasteiger partial charge in [0.2, 0.25) is 5.16 Å². The third kappa shape index (κ3) is 7.49. The summed E-state index contributed by atoms with van der Waals surface area (Å²) in [6.07, 6.45) is 0.0839. The number of aliphatic hydroxyl groups excluding tert-OH is 1. The van der Waals surface area contributed by atoms with E-state index in [-0.39, 0.29) is 31.3 Å². The second-order valence-electron chi connectivity index (χ2n) is 10.2. The third-order valence-corrected chi connectivity index (χ3v) is 8.45. The minimum Gasteiger partial charge on any atom is -0.445 e. The van der Waals surface area contributed by atoms with Gasteiger partial charge in [-0.15, -0.1) is 5.10 Å². The Balaban J connectivity index is 1.35. The van der Waals surface area contributed by atoms with Crippen LogP contribution in [0.25, 0.3) is 11.1 Å². The number of carbonyl (C=O) groups excluding carboxylic acids is 1. The van der Waals surface area contributed by atoms with E-state index in [1.807, 2.05) is 79.8 Å². The molecule has 0 radical (unpaired) electrons. The summed E-state index contributed by atoms with van der Waals surface area (Å²) in [6, 6.07) is 23.9. The average Bonchev–Trinajstić information content (AvgIpc) is 3.46. The molecule has 2 N–H and O–H groups in total. The number of nitrogens with zero attached hydrogens (tertiary/aromatic N) is 4. The van der Waals surface area contributed by atoms with Gasteiger partial charge in [-0.25, -0.2) is 9.48 Å². The normalized spacial score (nSPS) is 20.0. The van der Waals surface area contributed by atoms with E-state index in [1.54, 1.807) is 16.4 Å². The van der Waals surface area contributed by atoms with Crippen LogP contribution in [0.1, 0.15) is 41.6 Å². The van der Waals surface area contributed by atoms with Gasteiger partial charge in [0.25, 0.3) is 0 Å². The van der Waals surface area contributed by atoms with Gasteiger partial charge in [0.15, 0.2) is 6.29 Å². The highest BCUT2D eigenvalue weighted by Gasteiger charge is 2.38. The lowest BCUT2D eigenvalue weighted by Gasteiger charge is -2.41. The first kappa shape index (κ1) is 30.4. The van der Waals surface area contributed by atoms with E-state index in [2.05, 4.69) is 34.3 Å². The van der Waals surface area contributed by atoms with Crippen molar-refractivity contribution in [2.45, 2.75) is 43.7 Å². The Morgan fingerprint density at radius 2 is 1.84 bits per heavy atom. The highest BCUT2D eigenvalue weighted by molar-refractivity contribution is 7.99. The number of carbonyl (C=O) groups is 1. The van der Waals surface area contributed by atoms with E-state index in [0.717, 1.165) is 33.4 Å². The fourth-order valence-electron chi connectivity index (χ4n) is 4.94. The van der Waals surface area contributed by atoms with Crippen molar-refractivity contribution >= 4 is 17.9 Å². The molecule has 1 fully saturated rings. The molecule has 1 amide bonds. The molecular weight excluding hydrogens is 566 g/mol. The maximum absolute atomic E-state index is 12.0. The summed E-state index contributed by atoms with van der Waals surface area (Å²) in [5.74, 6) is 0.690. The molecule has 0 spiro atoms. The van der Waals surface area contributed by atoms with Gasteiger partial charge in [0, 0.05) is 30.8 Å². The predicted octanol–water partition coefficient (Wildman–Crippen LogP) is 5.37. The zero-order valence-corrected chi connectivity index (χ0v) is 24.9. The van der Waals surface area contributed by atoms with Crippen LogP contribution in [-0.4, -0.2) is 49.9 Å². The van der Waals surface area contributed by atoms with Crippen LogP contribution in [0.4, 0.5) is 4.79 Å². The predicted molar refractivity (Wildman–Crippen MR) is 163 cm³/mol. The van der Waals surface area contributed by atoms with Gasteiger partial charge >= 0.3 is 6.09 Å². The minimum absolute atomic E-state index is 0.0109. The lowest BCUT2D eigenvalue weighted by atomic mass is 9.91. The topological polar surface area (TPSA) is 121 Å². The van der Waals surface area contributed by atoms with Gasteiger partial charge in [0.1, 0.15) is 6.61 Å². The zero-order chi connectivity index (χ0) is 30.2. The van der Waals surface area contributed by atoms with Crippen LogP contribution in [0.15, 0.2) is 90.6 Å². The third-order valence-electron chi connectivity index (χ3n) is 7.35. The van der Waals surface area contributed by atoms with Crippen molar-refractivity contribution in [3.05, 3.63) is 108 Å². The Kier molecular flexibility index (Phi) is 10.2. The summed E-state index contributed by atoms with van der Waals surface area (Å²) in [7, 11) is 1.81. The molecule has 43 heavy (non-hydrogen) atoms. The SMILES string of the molecule is C=CCOC(=O)NCc1ccccc1-c1ccc([C@H]2O[C@@H](CSc3nnnn3C)[C@@H](C)[C@@H](c3ccc(CO)cc3)O2)cc1. The molecule has 4 atom stereocenters. The number of hydrogen-bond acceptors (Lipinski definition) is 9. The number of aryl methyl sites for hydroxylation is 1. The Labute approximate surface area is 255 Å². The van der Waals surface area contributed by atoms with Crippen LogP contribution in [0, 0.1) is 5.92 Å². The highest BCUT2D eigenvalue weighted by atomic mass is 32.2. The van der Waals surface area contributed by atoms with Crippen LogP contribution < -0.4 is 5.32 Å². The Bertz CT molecular complexity index is 1510. The molecule has 0 bridgehead atoms. The van der Waals surface area contributed by atoms with Crippen molar-refractivity contribution in [3.8, 4) is 11.1 Å². The van der Waals surface area contributed by atoms with Crippen molar-refractivity contribution in [3.63, 3.8) is 0 Å². The maximum Gasteiger partial charge on any atom is 0.407 e. The number of alkyl carbamates (subject to hydrolysis) is 1. The van der Waals surface area contributed by atoms with Gasteiger partial charge in [-0.2, -0.15) is 0 Å². The molecule has 0 unspecified atom stereocenters. The van der Waals surface area contributed by atoms with E-state index in [1.165, 1.54) is 6.08 Å². The second kappa shape index (κ2) is 14.4. The summed E-state index contributed by atoms with van der Waals surface area (Å²) >= 11 is 1.55. The molecule has 2 heterocycles. The van der Waals surface area contributed by atoms with Crippen LogP contribution in [0.5, 0.6) is 0 Å². The smallest absolute Gasteiger partial charge is 0.407 e. The van der Waals surface area contributed by atoms with Crippen molar-refractivity contribution in [1.29, 1.82) is 0 Å². The van der Waals surface area contributed by atoms with E-state index in [4.69, 9.17) is 14.2 Å². The number of amides is 1. The van der Waals surface area contributed by atoms with Crippen molar-refractivity contribution in [2.75, 3.05) is 12.4 Å². The first-order chi connectivity index (χ1) is 21.0. The lowest BCUT2D eigenvalue weighted by molar-refractivity contribution is -0.268. The van der Waals surface area contributed by atoms with Crippen molar-refractivity contribution in [2.24, 2.45) is 13.0 Å². The maximum atomic E-state index is 12.0. The Morgan fingerprint density at radius 1 is 1.09 bits per heavy atom. The highest BCUT2D eigenvalue weighted by Crippen LogP contribution is 2.43. The Hall–Kier alpha value is -4.03. The summed E-state index contributed by atoms with van der Waals surface area (Å²) in [6.45, 7) is 6.17. The average molecular weight is 602 g/mol. The molecule has 3 aromatic carbocycles. The van der Waals surface area contributed by atoms with Gasteiger partial charge in [-0.05, 0) is 38.2 Å². The van der Waals surface area contributed by atoms with Crippen LogP contribution in [-0.2, 0) is 34.4 Å². The number of tetrazole rings is 1. The molecule has 1 aromatic heterocycles. The minimum atomic E-state index is -0.590. The summed E-state index contributed by atoms with van der Waals surface area (Å²) in [5.41, 5.74) is 5.74. The number of hydrogen-bond donors (Lipinski definition) is 2. The summed E-state index contributed by atoms with van der Waals surface area (Å²) < 4.78 is 19.8. The van der Waals surface area contributed by atoms with Gasteiger partial charge in [-0.3, -0.25) is 0 Å². The largest absolute Gasteiger partial charge is 0.445 e. The molecule has 1 aliphatic rings. The lowest BCUT2D eigenvalue weighted by Crippen LogP contribution is -2.38. The molecule has 0 aliphatic carbocycles. The zero-order valence-electron chi connectivity index (χ0n) is 24.1. The molecule has 224 valence electrons. The van der Waals surface area contributed by atoms with Crippen LogP contribution in [0.3, 0.4) is 0 Å². The molecule has 4 aromatic rings. The fourth-order valence-corrected chi connectivity index (χ4v) is 5.95. The number of nitrogens with one attached hydrogen (secondary N) is 1. The number of thioether (sulfide) groups is 1. The number of benzene rings is 3. The second-order valence-corrected chi connectivity index (χ2v) is 11.2. The van der Waals surface area contributed by atoms with Gasteiger partial charge < -0.3 is 24.6 Å². The van der Waals surface area contributed by atoms with E-state index >= 15 is 0 Å². The molecule has 11 heteroatoms. The number of ether oxygens (including phenoxy) is 3. The molecule has 10 nitrogen and oxygen atoms in total. The van der Waals surface area contributed by atoms with E-state index < -0.39 is 12.4 Å². The first-order valence-corrected chi connectivity index (χ1v) is 15.0. The molecule has 1 saturated heterocycles. The quantitative estimate of drug-likeness (QED) is 0.173. The number of aromatic nitrogens is 4. The van der Waals surface area contributed by atoms with Gasteiger partial charge in [-0.1, -0.05) is 104 Å². The number of rotatable bonds is 11. The van der Waals surface area contributed by atoms with Crippen LogP contribution >= 0.6 is 11.8 Å². The van der Waals surface area contributed by atoms with Gasteiger partial charge in [0.05, 0.1) is 18.8 Å². The van der Waals surface area contributed by atoms with Crippen LogP contribution in [0.2, 0.25) is 0 Å². The first-order valence-electron chi connectivity index (χ1n) is 14.0. The standard InChI is InChI=1S/C32H35N5O5S/c1-4-17-40-32(39)33-18-26-7-5-6-8-27(26)23-13-15-25(16-14-23)30-41-28(20-43-31-34-35-36-37(31)3)21(2)29(42-30)24-11-9-22(19-38)10-12-24/h4-16,21,28-30,38H,1,17-20H2,2-3H3,(H,33,39)/t21-,28+,29+,30+/m1/s1. The molecule has 5 rings (SSSR count). The van der Waals surface area contributed by atoms with E-state index in [0.29, 0.717) is 17.5 Å². The summed E-state index contributed by atoms with van der Waals surface area (Å²) in [5, 5.41) is 24.8. The monoisotopic (exact) mass is 601 g/mol. The van der Waals surface area contributed by atoms with Crippen molar-refractivity contribution < 1.29 is 24.1 Å². The number of aliphatic hydroxyl groups is 1. The summed E-state index contributed by atoms with van der Waals surface area (Å²) in [4.78, 5) is 12.0. The Morgan fingerprint density at radius 3 is 2.53 bits per heavy atom. The molecular formula is C32H35N5O5S. The fraction of sp³-hybridized carbons (Fsp3) is 0.312. The van der Waals surface area contributed by atoms with E-state index in [9.17, 15) is 9.90 Å². The molecule has 1 aliphatic heterocycles. The van der Waals surface area contributed by atoms with Crippen molar-refractivity contribution in [1.82, 2.24) is 25.5 Å². The molecule has 0 saturated carbocycles.